The lowest BCUT2D eigenvalue weighted by Gasteiger charge is -2.14. The fourth-order valence-corrected chi connectivity index (χ4v) is 3.48. The van der Waals surface area contributed by atoms with Gasteiger partial charge in [0.25, 0.3) is 0 Å². The highest BCUT2D eigenvalue weighted by Gasteiger charge is 2.16. The van der Waals surface area contributed by atoms with E-state index in [2.05, 4.69) is 39.3 Å². The highest BCUT2D eigenvalue weighted by Crippen LogP contribution is 2.25. The van der Waals surface area contributed by atoms with E-state index in [0.29, 0.717) is 6.04 Å². The monoisotopic (exact) mass is 267 g/mol. The summed E-state index contributed by atoms with van der Waals surface area (Å²) in [7, 11) is 2.01. The summed E-state index contributed by atoms with van der Waals surface area (Å²) in [6.07, 6.45) is 3.18. The van der Waals surface area contributed by atoms with Gasteiger partial charge in [-0.05, 0) is 49.3 Å². The van der Waals surface area contributed by atoms with Crippen molar-refractivity contribution in [2.75, 3.05) is 7.05 Å². The molecule has 0 radical (unpaired) electrons. The van der Waals surface area contributed by atoms with Crippen LogP contribution in [0.1, 0.15) is 34.8 Å². The maximum absolute atomic E-state index is 4.18. The fourth-order valence-electron chi connectivity index (χ4n) is 1.87. The third-order valence-corrected chi connectivity index (χ3v) is 4.66. The topological polar surface area (TPSA) is 37.8 Å². The van der Waals surface area contributed by atoms with Gasteiger partial charge >= 0.3 is 0 Å². The van der Waals surface area contributed by atoms with Crippen LogP contribution in [0.2, 0.25) is 0 Å². The van der Waals surface area contributed by atoms with Gasteiger partial charge in [-0.15, -0.1) is 16.4 Å². The van der Waals surface area contributed by atoms with Crippen LogP contribution in [0.25, 0.3) is 0 Å². The minimum atomic E-state index is 0.382. The maximum Gasteiger partial charge on any atom is 0.0800 e. The molecule has 0 saturated heterocycles. The Balaban J connectivity index is 2.01. The molecule has 0 aliphatic heterocycles. The highest BCUT2D eigenvalue weighted by atomic mass is 32.1. The highest BCUT2D eigenvalue weighted by molar-refractivity contribution is 7.09. The van der Waals surface area contributed by atoms with Crippen molar-refractivity contribution in [2.45, 2.75) is 32.2 Å². The molecule has 0 spiro atoms. The van der Waals surface area contributed by atoms with E-state index >= 15 is 0 Å². The fraction of sp³-hybridized carbons (Fsp3) is 0.500. The second-order valence-corrected chi connectivity index (χ2v) is 5.71. The van der Waals surface area contributed by atoms with E-state index in [1.807, 2.05) is 18.4 Å². The first-order valence-electron chi connectivity index (χ1n) is 5.86. The average Bonchev–Trinajstić information content (AvgIpc) is 3.00. The van der Waals surface area contributed by atoms with Crippen LogP contribution in [-0.4, -0.2) is 16.6 Å². The molecular formula is C12H17N3S2. The molecule has 0 aliphatic rings. The van der Waals surface area contributed by atoms with Crippen LogP contribution in [0, 0.1) is 0 Å². The molecule has 5 heteroatoms. The Kier molecular flexibility index (Phi) is 4.65. The molecule has 0 fully saturated rings. The van der Waals surface area contributed by atoms with Crippen molar-refractivity contribution in [2.24, 2.45) is 0 Å². The standard InChI is InChI=1S/C12H17N3S2/c1-3-10-12(17-15-14-10)11(13-2)7-6-9-5-4-8-16-9/h4-5,8,11,13H,3,6-7H2,1-2H3. The molecule has 1 unspecified atom stereocenters. The second-order valence-electron chi connectivity index (χ2n) is 3.90. The number of rotatable bonds is 6. The molecule has 2 rings (SSSR count). The number of hydrogen-bond acceptors (Lipinski definition) is 5. The summed E-state index contributed by atoms with van der Waals surface area (Å²) in [5, 5.41) is 9.69. The predicted octanol–water partition coefficient (Wildman–Crippen LogP) is 3.06. The van der Waals surface area contributed by atoms with Crippen LogP contribution in [0.3, 0.4) is 0 Å². The summed E-state index contributed by atoms with van der Waals surface area (Å²) in [4.78, 5) is 2.74. The largest absolute Gasteiger partial charge is 0.312 e. The number of aromatic nitrogens is 2. The first-order valence-corrected chi connectivity index (χ1v) is 7.51. The number of nitrogens with one attached hydrogen (secondary N) is 1. The van der Waals surface area contributed by atoms with Crippen LogP contribution in [0.15, 0.2) is 17.5 Å². The van der Waals surface area contributed by atoms with Gasteiger partial charge in [-0.25, -0.2) is 0 Å². The predicted molar refractivity (Wildman–Crippen MR) is 73.7 cm³/mol. The molecule has 0 bridgehead atoms. The van der Waals surface area contributed by atoms with E-state index in [9.17, 15) is 0 Å². The van der Waals surface area contributed by atoms with E-state index in [1.54, 1.807) is 0 Å². The third-order valence-electron chi connectivity index (χ3n) is 2.84. The molecule has 2 aromatic heterocycles. The molecule has 0 aromatic carbocycles. The molecular weight excluding hydrogens is 250 g/mol. The van der Waals surface area contributed by atoms with Gasteiger partial charge in [0.1, 0.15) is 0 Å². The van der Waals surface area contributed by atoms with E-state index < -0.39 is 0 Å². The number of thiophene rings is 1. The average molecular weight is 267 g/mol. The number of aryl methyl sites for hydroxylation is 2. The second kappa shape index (κ2) is 6.23. The normalized spacial score (nSPS) is 12.8. The van der Waals surface area contributed by atoms with Crippen molar-refractivity contribution in [3.8, 4) is 0 Å². The first kappa shape index (κ1) is 12.7. The van der Waals surface area contributed by atoms with Crippen LogP contribution < -0.4 is 5.32 Å². The molecule has 17 heavy (non-hydrogen) atoms. The number of hydrogen-bond donors (Lipinski definition) is 1. The van der Waals surface area contributed by atoms with E-state index in [4.69, 9.17) is 0 Å². The van der Waals surface area contributed by atoms with Gasteiger partial charge < -0.3 is 5.32 Å². The van der Waals surface area contributed by atoms with Crippen molar-refractivity contribution < 1.29 is 0 Å². The van der Waals surface area contributed by atoms with E-state index in [-0.39, 0.29) is 0 Å². The Morgan fingerprint density at radius 3 is 3.00 bits per heavy atom. The zero-order valence-electron chi connectivity index (χ0n) is 10.1. The molecule has 0 saturated carbocycles. The molecule has 0 aliphatic carbocycles. The zero-order chi connectivity index (χ0) is 12.1. The maximum atomic E-state index is 4.18. The van der Waals surface area contributed by atoms with Gasteiger partial charge in [0, 0.05) is 10.9 Å². The summed E-state index contributed by atoms with van der Waals surface area (Å²) >= 11 is 3.35. The molecule has 3 nitrogen and oxygen atoms in total. The smallest absolute Gasteiger partial charge is 0.0800 e. The summed E-state index contributed by atoms with van der Waals surface area (Å²) in [6.45, 7) is 2.13. The van der Waals surface area contributed by atoms with Gasteiger partial charge in [0.2, 0.25) is 0 Å². The Morgan fingerprint density at radius 1 is 1.47 bits per heavy atom. The minimum Gasteiger partial charge on any atom is -0.312 e. The van der Waals surface area contributed by atoms with E-state index in [1.165, 1.54) is 21.3 Å². The van der Waals surface area contributed by atoms with Gasteiger partial charge in [0.15, 0.2) is 0 Å². The molecule has 1 N–H and O–H groups in total. The lowest BCUT2D eigenvalue weighted by molar-refractivity contribution is 0.554. The van der Waals surface area contributed by atoms with Crippen LogP contribution in [0.5, 0.6) is 0 Å². The van der Waals surface area contributed by atoms with Crippen molar-refractivity contribution >= 4 is 22.9 Å². The SMILES string of the molecule is CCc1nnsc1C(CCc1cccs1)NC. The Hall–Kier alpha value is -0.780. The minimum absolute atomic E-state index is 0.382. The quantitative estimate of drug-likeness (QED) is 0.874. The van der Waals surface area contributed by atoms with Gasteiger partial charge in [-0.2, -0.15) is 0 Å². The molecule has 2 aromatic rings. The van der Waals surface area contributed by atoms with Crippen LogP contribution >= 0.6 is 22.9 Å². The Labute approximate surface area is 110 Å². The molecule has 2 heterocycles. The lowest BCUT2D eigenvalue weighted by atomic mass is 10.1. The summed E-state index contributed by atoms with van der Waals surface area (Å²) in [5.74, 6) is 0. The third kappa shape index (κ3) is 3.12. The van der Waals surface area contributed by atoms with Gasteiger partial charge in [0.05, 0.1) is 10.6 Å². The summed E-state index contributed by atoms with van der Waals surface area (Å²) in [5.41, 5.74) is 1.14. The Bertz CT molecular complexity index is 436. The summed E-state index contributed by atoms with van der Waals surface area (Å²) in [6, 6.07) is 4.69. The van der Waals surface area contributed by atoms with Crippen molar-refractivity contribution in [3.63, 3.8) is 0 Å². The van der Waals surface area contributed by atoms with Crippen molar-refractivity contribution in [3.05, 3.63) is 33.0 Å². The van der Waals surface area contributed by atoms with Crippen LogP contribution in [0.4, 0.5) is 0 Å². The molecule has 1 atom stereocenters. The molecule has 92 valence electrons. The van der Waals surface area contributed by atoms with Crippen molar-refractivity contribution in [1.82, 2.24) is 14.9 Å². The van der Waals surface area contributed by atoms with E-state index in [0.717, 1.165) is 25.0 Å². The van der Waals surface area contributed by atoms with Crippen LogP contribution in [-0.2, 0) is 12.8 Å². The molecule has 0 amide bonds. The lowest BCUT2D eigenvalue weighted by Crippen LogP contribution is -2.17. The Morgan fingerprint density at radius 2 is 2.35 bits per heavy atom. The summed E-state index contributed by atoms with van der Waals surface area (Å²) < 4.78 is 4.06. The first-order chi connectivity index (χ1) is 8.35. The van der Waals surface area contributed by atoms with Crippen molar-refractivity contribution in [1.29, 1.82) is 0 Å². The zero-order valence-corrected chi connectivity index (χ0v) is 11.8. The van der Waals surface area contributed by atoms with Gasteiger partial charge in [-0.1, -0.05) is 17.5 Å². The van der Waals surface area contributed by atoms with Gasteiger partial charge in [-0.3, -0.25) is 0 Å². The number of nitrogens with zero attached hydrogens (tertiary/aromatic N) is 2.